The predicted molar refractivity (Wildman–Crippen MR) is 101 cm³/mol. The zero-order valence-electron chi connectivity index (χ0n) is 15.3. The van der Waals surface area contributed by atoms with Gasteiger partial charge in [-0.15, -0.1) is 0 Å². The van der Waals surface area contributed by atoms with E-state index in [0.29, 0.717) is 25.1 Å². The predicted octanol–water partition coefficient (Wildman–Crippen LogP) is 2.91. The first-order valence-corrected chi connectivity index (χ1v) is 9.69. The molecule has 2 fully saturated rings. The fourth-order valence-corrected chi connectivity index (χ4v) is 3.41. The second kappa shape index (κ2) is 7.48. The lowest BCUT2D eigenvalue weighted by Gasteiger charge is -2.33. The Morgan fingerprint density at radius 1 is 1.23 bits per heavy atom. The monoisotopic (exact) mass is 354 g/mol. The van der Waals surface area contributed by atoms with Crippen LogP contribution in [-0.4, -0.2) is 41.6 Å². The molecule has 1 aliphatic carbocycles. The van der Waals surface area contributed by atoms with Gasteiger partial charge < -0.3 is 15.0 Å². The fourth-order valence-electron chi connectivity index (χ4n) is 3.41. The minimum Gasteiger partial charge on any atom is -0.475 e. The Balaban J connectivity index is 1.59. The Bertz CT molecular complexity index is 790. The average molecular weight is 354 g/mol. The largest absolute Gasteiger partial charge is 0.475 e. The molecule has 1 aliphatic heterocycles. The van der Waals surface area contributed by atoms with Crippen molar-refractivity contribution < 1.29 is 9.53 Å². The minimum absolute atomic E-state index is 0.0108. The molecule has 1 saturated carbocycles. The third-order valence-electron chi connectivity index (χ3n) is 4.98. The molecule has 26 heavy (non-hydrogen) atoms. The van der Waals surface area contributed by atoms with Crippen LogP contribution >= 0.6 is 0 Å². The van der Waals surface area contributed by atoms with Crippen LogP contribution in [0.5, 0.6) is 5.88 Å². The first-order valence-electron chi connectivity index (χ1n) is 9.69. The number of hydrogen-bond acceptors (Lipinski definition) is 5. The number of hydrogen-bond donors (Lipinski definition) is 1. The van der Waals surface area contributed by atoms with E-state index in [1.165, 1.54) is 0 Å². The average Bonchev–Trinajstić information content (AvgIpc) is 3.49. The number of para-hydroxylation sites is 2. The molecular weight excluding hydrogens is 328 g/mol. The molecule has 6 nitrogen and oxygen atoms in total. The van der Waals surface area contributed by atoms with Crippen molar-refractivity contribution in [1.82, 2.24) is 15.3 Å². The van der Waals surface area contributed by atoms with Gasteiger partial charge in [-0.3, -0.25) is 4.79 Å². The van der Waals surface area contributed by atoms with Gasteiger partial charge in [0.15, 0.2) is 5.82 Å². The summed E-state index contributed by atoms with van der Waals surface area (Å²) >= 11 is 0. The van der Waals surface area contributed by atoms with E-state index in [1.807, 2.05) is 24.3 Å². The molecule has 138 valence electrons. The smallest absolute Gasteiger partial charge is 0.258 e. The number of carbonyl (C=O) groups excluding carboxylic acids is 1. The van der Waals surface area contributed by atoms with Crippen molar-refractivity contribution in [1.29, 1.82) is 0 Å². The van der Waals surface area contributed by atoms with Gasteiger partial charge in [-0.1, -0.05) is 19.1 Å². The molecule has 2 heterocycles. The first kappa shape index (κ1) is 17.1. The van der Waals surface area contributed by atoms with Crippen molar-refractivity contribution in [3.63, 3.8) is 0 Å². The molecule has 1 N–H and O–H groups in total. The van der Waals surface area contributed by atoms with E-state index in [1.54, 1.807) is 0 Å². The Morgan fingerprint density at radius 2 is 2.00 bits per heavy atom. The third kappa shape index (κ3) is 3.74. The maximum Gasteiger partial charge on any atom is 0.258 e. The van der Waals surface area contributed by atoms with E-state index in [2.05, 4.69) is 22.1 Å². The van der Waals surface area contributed by atoms with Crippen molar-refractivity contribution in [2.24, 2.45) is 5.92 Å². The Hall–Kier alpha value is -2.37. The topological polar surface area (TPSA) is 67.4 Å². The van der Waals surface area contributed by atoms with Crippen LogP contribution < -0.4 is 15.0 Å². The number of ether oxygens (including phenoxy) is 1. The molecule has 1 atom stereocenters. The summed E-state index contributed by atoms with van der Waals surface area (Å²) in [5.74, 6) is 1.54. The van der Waals surface area contributed by atoms with E-state index in [9.17, 15) is 4.79 Å². The molecule has 1 aromatic carbocycles. The molecule has 0 radical (unpaired) electrons. The molecular formula is C20H26N4O2. The van der Waals surface area contributed by atoms with E-state index in [4.69, 9.17) is 9.72 Å². The second-order valence-corrected chi connectivity index (χ2v) is 7.26. The number of aromatic nitrogens is 2. The molecule has 0 unspecified atom stereocenters. The maximum absolute atomic E-state index is 12.5. The molecule has 1 amide bonds. The highest BCUT2D eigenvalue weighted by molar-refractivity contribution is 5.81. The van der Waals surface area contributed by atoms with E-state index >= 15 is 0 Å². The molecule has 1 saturated heterocycles. The summed E-state index contributed by atoms with van der Waals surface area (Å²) in [5.41, 5.74) is 1.69. The number of fused-ring (bicyclic) bond motifs is 1. The Morgan fingerprint density at radius 3 is 2.73 bits per heavy atom. The summed E-state index contributed by atoms with van der Waals surface area (Å²) < 4.78 is 5.90. The summed E-state index contributed by atoms with van der Waals surface area (Å²) in [6.45, 7) is 4.24. The van der Waals surface area contributed by atoms with Crippen LogP contribution in [0.1, 0.15) is 39.0 Å². The SMILES string of the molecule is CCCOc1nc2ccccc2nc1N1CCC[C@H](C(=O)NC2CC2)C1. The minimum atomic E-state index is 0.0108. The highest BCUT2D eigenvalue weighted by Gasteiger charge is 2.32. The van der Waals surface area contributed by atoms with Crippen molar-refractivity contribution in [3.8, 4) is 5.88 Å². The number of nitrogens with zero attached hydrogens (tertiary/aromatic N) is 3. The van der Waals surface area contributed by atoms with Crippen LogP contribution in [0.3, 0.4) is 0 Å². The number of piperidine rings is 1. The van der Waals surface area contributed by atoms with Crippen molar-refractivity contribution in [2.45, 2.75) is 45.1 Å². The first-order chi connectivity index (χ1) is 12.7. The highest BCUT2D eigenvalue weighted by atomic mass is 16.5. The van der Waals surface area contributed by atoms with Gasteiger partial charge in [0.1, 0.15) is 0 Å². The van der Waals surface area contributed by atoms with Crippen LogP contribution in [-0.2, 0) is 4.79 Å². The van der Waals surface area contributed by atoms with Gasteiger partial charge in [-0.25, -0.2) is 9.97 Å². The summed E-state index contributed by atoms with van der Waals surface area (Å²) in [7, 11) is 0. The zero-order chi connectivity index (χ0) is 17.9. The number of benzene rings is 1. The summed E-state index contributed by atoms with van der Waals surface area (Å²) in [4.78, 5) is 24.2. The molecule has 0 bridgehead atoms. The van der Waals surface area contributed by atoms with Crippen LogP contribution in [0.15, 0.2) is 24.3 Å². The summed E-state index contributed by atoms with van der Waals surface area (Å²) in [6, 6.07) is 8.25. The Labute approximate surface area is 154 Å². The lowest BCUT2D eigenvalue weighted by atomic mass is 9.97. The maximum atomic E-state index is 12.5. The van der Waals surface area contributed by atoms with Crippen LogP contribution in [0.25, 0.3) is 11.0 Å². The third-order valence-corrected chi connectivity index (χ3v) is 4.98. The Kier molecular flexibility index (Phi) is 4.91. The molecule has 1 aromatic heterocycles. The molecule has 2 aromatic rings. The standard InChI is InChI=1S/C20H26N4O2/c1-2-12-26-20-18(22-16-7-3-4-8-17(16)23-20)24-11-5-6-14(13-24)19(25)21-15-9-10-15/h3-4,7-8,14-15H,2,5-6,9-13H2,1H3,(H,21,25)/t14-/m0/s1. The van der Waals surface area contributed by atoms with Gasteiger partial charge in [0.2, 0.25) is 5.91 Å². The van der Waals surface area contributed by atoms with E-state index in [0.717, 1.165) is 55.5 Å². The van der Waals surface area contributed by atoms with Gasteiger partial charge in [-0.05, 0) is 44.2 Å². The fraction of sp³-hybridized carbons (Fsp3) is 0.550. The molecule has 2 aliphatic rings. The lowest BCUT2D eigenvalue weighted by molar-refractivity contribution is -0.125. The summed E-state index contributed by atoms with van der Waals surface area (Å²) in [6.07, 6.45) is 5.06. The molecule has 6 heteroatoms. The van der Waals surface area contributed by atoms with Crippen molar-refractivity contribution >= 4 is 22.8 Å². The normalized spacial score (nSPS) is 20.2. The van der Waals surface area contributed by atoms with Gasteiger partial charge in [0.25, 0.3) is 5.88 Å². The number of amides is 1. The van der Waals surface area contributed by atoms with Gasteiger partial charge in [0, 0.05) is 19.1 Å². The molecule has 4 rings (SSSR count). The van der Waals surface area contributed by atoms with Gasteiger partial charge in [-0.2, -0.15) is 0 Å². The van der Waals surface area contributed by atoms with Crippen LogP contribution in [0.2, 0.25) is 0 Å². The number of nitrogens with one attached hydrogen (secondary N) is 1. The van der Waals surface area contributed by atoms with Crippen molar-refractivity contribution in [2.75, 3.05) is 24.6 Å². The zero-order valence-corrected chi connectivity index (χ0v) is 15.3. The second-order valence-electron chi connectivity index (χ2n) is 7.26. The van der Waals surface area contributed by atoms with Crippen LogP contribution in [0, 0.1) is 5.92 Å². The number of anilines is 1. The highest BCUT2D eigenvalue weighted by Crippen LogP contribution is 2.31. The number of carbonyl (C=O) groups is 1. The summed E-state index contributed by atoms with van der Waals surface area (Å²) in [5, 5.41) is 3.14. The van der Waals surface area contributed by atoms with E-state index < -0.39 is 0 Å². The van der Waals surface area contributed by atoms with Gasteiger partial charge >= 0.3 is 0 Å². The van der Waals surface area contributed by atoms with Gasteiger partial charge in [0.05, 0.1) is 23.6 Å². The van der Waals surface area contributed by atoms with Crippen LogP contribution in [0.4, 0.5) is 5.82 Å². The van der Waals surface area contributed by atoms with E-state index in [-0.39, 0.29) is 11.8 Å². The quantitative estimate of drug-likeness (QED) is 0.864. The lowest BCUT2D eigenvalue weighted by Crippen LogP contribution is -2.44. The van der Waals surface area contributed by atoms with Crippen molar-refractivity contribution in [3.05, 3.63) is 24.3 Å². The number of rotatable bonds is 6. The molecule has 0 spiro atoms.